The molecule has 3 rings (SSSR count). The van der Waals surface area contributed by atoms with Crippen molar-refractivity contribution in [3.8, 4) is 5.75 Å². The van der Waals surface area contributed by atoms with Gasteiger partial charge in [-0.1, -0.05) is 36.4 Å². The molecule has 166 valence electrons. The summed E-state index contributed by atoms with van der Waals surface area (Å²) in [5, 5.41) is 22.3. The molecule has 1 heterocycles. The Morgan fingerprint density at radius 1 is 1.19 bits per heavy atom. The largest absolute Gasteiger partial charge is 0.497 e. The monoisotopic (exact) mass is 431 g/mol. The third-order valence-electron chi connectivity index (χ3n) is 5.53. The normalized spacial score (nSPS) is 16.1. The van der Waals surface area contributed by atoms with E-state index < -0.39 is 0 Å². The molecule has 0 aliphatic carbocycles. The van der Waals surface area contributed by atoms with Crippen LogP contribution in [0.3, 0.4) is 0 Å². The van der Waals surface area contributed by atoms with Gasteiger partial charge in [0.25, 0.3) is 5.91 Å². The number of nitrogens with zero attached hydrogens (tertiary/aromatic N) is 1. The highest BCUT2D eigenvalue weighted by Gasteiger charge is 2.31. The molecule has 1 aliphatic heterocycles. The van der Waals surface area contributed by atoms with Gasteiger partial charge in [-0.2, -0.15) is 0 Å². The van der Waals surface area contributed by atoms with Gasteiger partial charge in [0.2, 0.25) is 0 Å². The Morgan fingerprint density at radius 2 is 1.97 bits per heavy atom. The molecule has 2 aromatic rings. The number of carbonyl (C=O) groups excluding carboxylic acids is 1. The molecule has 0 fully saturated rings. The molecular weight excluding hydrogens is 402 g/mol. The number of rotatable bonds is 8. The molecule has 7 nitrogen and oxygen atoms in total. The lowest BCUT2D eigenvalue weighted by Crippen LogP contribution is -2.42. The van der Waals surface area contributed by atoms with Crippen LogP contribution < -0.4 is 15.4 Å². The van der Waals surface area contributed by atoms with Crippen LogP contribution in [0.2, 0.25) is 0 Å². The van der Waals surface area contributed by atoms with Crippen LogP contribution in [0.5, 0.6) is 5.75 Å². The Kier molecular flexibility index (Phi) is 7.44. The van der Waals surface area contributed by atoms with Gasteiger partial charge in [0.1, 0.15) is 11.4 Å². The number of hydrogen-bond donors (Lipinski definition) is 4. The van der Waals surface area contributed by atoms with E-state index in [0.29, 0.717) is 30.1 Å². The fraction of sp³-hybridized carbons (Fsp3) is 0.240. The van der Waals surface area contributed by atoms with E-state index in [1.807, 2.05) is 36.4 Å². The lowest BCUT2D eigenvalue weighted by molar-refractivity contribution is -0.128. The fourth-order valence-electron chi connectivity index (χ4n) is 3.89. The zero-order valence-electron chi connectivity index (χ0n) is 18.6. The Morgan fingerprint density at radius 3 is 2.66 bits per heavy atom. The van der Waals surface area contributed by atoms with Crippen molar-refractivity contribution in [2.75, 3.05) is 27.7 Å². The van der Waals surface area contributed by atoms with Crippen LogP contribution in [0, 0.1) is 10.8 Å². The third-order valence-corrected chi connectivity index (χ3v) is 5.53. The summed E-state index contributed by atoms with van der Waals surface area (Å²) >= 11 is 0. The predicted molar refractivity (Wildman–Crippen MR) is 127 cm³/mol. The molecule has 1 unspecified atom stereocenters. The zero-order valence-corrected chi connectivity index (χ0v) is 18.6. The second-order valence-corrected chi connectivity index (χ2v) is 7.47. The average Bonchev–Trinajstić information content (AvgIpc) is 2.84. The van der Waals surface area contributed by atoms with E-state index in [-0.39, 0.29) is 17.5 Å². The van der Waals surface area contributed by atoms with Gasteiger partial charge in [-0.3, -0.25) is 4.79 Å². The van der Waals surface area contributed by atoms with Gasteiger partial charge in [0.15, 0.2) is 0 Å². The molecular formula is C25H29N5O2. The number of benzene rings is 2. The molecule has 0 aromatic heterocycles. The summed E-state index contributed by atoms with van der Waals surface area (Å²) in [6.45, 7) is 0.923. The van der Waals surface area contributed by atoms with Crippen LogP contribution in [0.15, 0.2) is 72.1 Å². The molecule has 7 heteroatoms. The molecule has 1 atom stereocenters. The van der Waals surface area contributed by atoms with E-state index in [1.54, 1.807) is 44.4 Å². The number of nitrogens with one attached hydrogen (secondary N) is 4. The summed E-state index contributed by atoms with van der Waals surface area (Å²) in [5.41, 5.74) is 4.20. The maximum atomic E-state index is 13.4. The Hall–Kier alpha value is -3.87. The highest BCUT2D eigenvalue weighted by Crippen LogP contribution is 2.33. The second-order valence-electron chi connectivity index (χ2n) is 7.47. The highest BCUT2D eigenvalue weighted by molar-refractivity contribution is 6.11. The van der Waals surface area contributed by atoms with Crippen molar-refractivity contribution in [2.24, 2.45) is 0 Å². The van der Waals surface area contributed by atoms with Crippen molar-refractivity contribution < 1.29 is 9.53 Å². The Balaban J connectivity index is 1.91. The maximum Gasteiger partial charge on any atom is 0.270 e. The number of allylic oxidation sites excluding steroid dienone is 1. The molecule has 0 bridgehead atoms. The van der Waals surface area contributed by atoms with Gasteiger partial charge < -0.3 is 31.1 Å². The van der Waals surface area contributed by atoms with Crippen molar-refractivity contribution in [2.45, 2.75) is 12.5 Å². The van der Waals surface area contributed by atoms with E-state index in [2.05, 4.69) is 16.7 Å². The number of carbonyl (C=O) groups is 1. The van der Waals surface area contributed by atoms with Gasteiger partial charge in [-0.05, 0) is 34.9 Å². The van der Waals surface area contributed by atoms with Crippen LogP contribution in [0.1, 0.15) is 22.6 Å². The van der Waals surface area contributed by atoms with Crippen molar-refractivity contribution in [3.05, 3.63) is 88.8 Å². The topological polar surface area (TPSA) is 101 Å². The van der Waals surface area contributed by atoms with Crippen LogP contribution in [0.25, 0.3) is 0 Å². The summed E-state index contributed by atoms with van der Waals surface area (Å²) in [5.74, 6) is 0.363. The van der Waals surface area contributed by atoms with Gasteiger partial charge in [-0.25, -0.2) is 0 Å². The average molecular weight is 432 g/mol. The van der Waals surface area contributed by atoms with Crippen molar-refractivity contribution >= 4 is 17.8 Å². The third kappa shape index (κ3) is 4.88. The Bertz CT molecular complexity index is 1070. The SMILES string of the molecule is CN/C=C(\C=N)C1CN(C(=O)/C(=C/C(=N)c2cccc(OC)c2)NC)Cc2ccccc21. The standard InChI is InChI=1S/C25H29N5O2/c1-28-14-19(13-26)22-16-30(15-18-7-4-5-10-21(18)22)25(31)24(29-2)12-23(27)17-8-6-9-20(11-17)32-3/h4-14,22,26-29H,15-16H2,1-3H3/b19-14+,24-12-,26-13?,27-23?. The van der Waals surface area contributed by atoms with E-state index in [0.717, 1.165) is 16.7 Å². The van der Waals surface area contributed by atoms with Crippen LogP contribution >= 0.6 is 0 Å². The van der Waals surface area contributed by atoms with Crippen molar-refractivity contribution in [1.82, 2.24) is 15.5 Å². The molecule has 2 aromatic carbocycles. The molecule has 1 aliphatic rings. The number of fused-ring (bicyclic) bond motifs is 1. The number of ether oxygens (including phenoxy) is 1. The first-order chi connectivity index (χ1) is 15.5. The molecule has 1 amide bonds. The van der Waals surface area contributed by atoms with Gasteiger partial charge in [-0.15, -0.1) is 0 Å². The molecule has 4 N–H and O–H groups in total. The first-order valence-electron chi connectivity index (χ1n) is 10.4. The number of hydrogen-bond acceptors (Lipinski definition) is 6. The Labute approximate surface area is 188 Å². The summed E-state index contributed by atoms with van der Waals surface area (Å²) in [6.07, 6.45) is 4.68. The number of amides is 1. The molecule has 0 saturated heterocycles. The van der Waals surface area contributed by atoms with Gasteiger partial charge in [0.05, 0.1) is 12.8 Å². The fourth-order valence-corrected chi connectivity index (χ4v) is 3.89. The van der Waals surface area contributed by atoms with E-state index >= 15 is 0 Å². The number of methoxy groups -OCH3 is 1. The second kappa shape index (κ2) is 10.4. The van der Waals surface area contributed by atoms with Crippen molar-refractivity contribution in [3.63, 3.8) is 0 Å². The van der Waals surface area contributed by atoms with Gasteiger partial charge in [0, 0.05) is 51.1 Å². The van der Waals surface area contributed by atoms with E-state index in [1.165, 1.54) is 6.21 Å². The zero-order chi connectivity index (χ0) is 23.1. The summed E-state index contributed by atoms with van der Waals surface area (Å²) in [4.78, 5) is 15.2. The maximum absolute atomic E-state index is 13.4. The first kappa shape index (κ1) is 22.8. The summed E-state index contributed by atoms with van der Waals surface area (Å²) in [6, 6.07) is 15.2. The van der Waals surface area contributed by atoms with Gasteiger partial charge >= 0.3 is 0 Å². The minimum atomic E-state index is -0.187. The van der Waals surface area contributed by atoms with E-state index in [4.69, 9.17) is 15.6 Å². The highest BCUT2D eigenvalue weighted by atomic mass is 16.5. The summed E-state index contributed by atoms with van der Waals surface area (Å²) < 4.78 is 5.24. The smallest absolute Gasteiger partial charge is 0.270 e. The lowest BCUT2D eigenvalue weighted by Gasteiger charge is -2.35. The predicted octanol–water partition coefficient (Wildman–Crippen LogP) is 3.05. The number of likely N-dealkylation sites (N-methyl/N-ethyl adjacent to an activating group) is 1. The van der Waals surface area contributed by atoms with Crippen LogP contribution in [-0.2, 0) is 11.3 Å². The molecule has 0 spiro atoms. The molecule has 32 heavy (non-hydrogen) atoms. The minimum Gasteiger partial charge on any atom is -0.497 e. The van der Waals surface area contributed by atoms with Crippen LogP contribution in [-0.4, -0.2) is 50.5 Å². The molecule has 0 saturated carbocycles. The summed E-state index contributed by atoms with van der Waals surface area (Å²) in [7, 11) is 5.06. The quantitative estimate of drug-likeness (QED) is 0.381. The molecule has 0 radical (unpaired) electrons. The first-order valence-corrected chi connectivity index (χ1v) is 10.4. The van der Waals surface area contributed by atoms with Crippen LogP contribution in [0.4, 0.5) is 0 Å². The van der Waals surface area contributed by atoms with Crippen molar-refractivity contribution in [1.29, 1.82) is 10.8 Å². The lowest BCUT2D eigenvalue weighted by atomic mass is 9.85. The van der Waals surface area contributed by atoms with E-state index in [9.17, 15) is 4.79 Å². The minimum absolute atomic E-state index is 0.107.